The van der Waals surface area contributed by atoms with E-state index in [-0.39, 0.29) is 24.1 Å². The molecule has 4 rings (SSSR count). The van der Waals surface area contributed by atoms with Crippen molar-refractivity contribution in [3.8, 4) is 5.75 Å². The van der Waals surface area contributed by atoms with E-state index in [9.17, 15) is 14.7 Å². The van der Waals surface area contributed by atoms with Gasteiger partial charge >= 0.3 is 0 Å². The molecule has 2 N–H and O–H groups in total. The van der Waals surface area contributed by atoms with Crippen LogP contribution in [0, 0.1) is 5.92 Å². The molecule has 2 aliphatic heterocycles. The van der Waals surface area contributed by atoms with Gasteiger partial charge in [0.15, 0.2) is 0 Å². The Balaban J connectivity index is 1.66. The van der Waals surface area contributed by atoms with Crippen LogP contribution in [0.25, 0.3) is 0 Å². The van der Waals surface area contributed by atoms with Crippen LogP contribution in [0.4, 0.5) is 0 Å². The fraction of sp³-hybridized carbons (Fsp3) is 0.263. The summed E-state index contributed by atoms with van der Waals surface area (Å²) in [6.45, 7) is 0.271. The minimum atomic E-state index is -0.555. The predicted octanol–water partition coefficient (Wildman–Crippen LogP) is 1.44. The minimum absolute atomic E-state index is 0.121. The molecule has 2 aromatic carbocycles. The third kappa shape index (κ3) is 2.50. The van der Waals surface area contributed by atoms with E-state index in [0.29, 0.717) is 5.56 Å². The maximum atomic E-state index is 13.0. The van der Waals surface area contributed by atoms with Gasteiger partial charge in [0.2, 0.25) is 11.8 Å². The standard InChI is InChI=1S/C19H19N3O3/c1-21-17-15(16(20-21)13-9-5-6-10-14(13)23)18(24)22(19(17)25)11-12-7-3-2-4-8-12/h2-10,15-17,20,23H,11H2,1H3/t15-,16+,17+/m0/s1. The Morgan fingerprint density at radius 2 is 1.68 bits per heavy atom. The van der Waals surface area contributed by atoms with E-state index in [0.717, 1.165) is 5.56 Å². The largest absolute Gasteiger partial charge is 0.508 e. The lowest BCUT2D eigenvalue weighted by molar-refractivity contribution is -0.142. The first kappa shape index (κ1) is 15.8. The lowest BCUT2D eigenvalue weighted by atomic mass is 9.90. The lowest BCUT2D eigenvalue weighted by Gasteiger charge is -2.22. The van der Waals surface area contributed by atoms with Gasteiger partial charge in [-0.3, -0.25) is 14.5 Å². The Labute approximate surface area is 145 Å². The monoisotopic (exact) mass is 337 g/mol. The molecule has 2 saturated heterocycles. The molecule has 2 aliphatic rings. The normalized spacial score (nSPS) is 26.3. The first-order chi connectivity index (χ1) is 12.1. The third-order valence-corrected chi connectivity index (χ3v) is 4.98. The van der Waals surface area contributed by atoms with Crippen LogP contribution in [0.3, 0.4) is 0 Å². The summed E-state index contributed by atoms with van der Waals surface area (Å²) in [5, 5.41) is 11.8. The molecule has 2 amide bonds. The summed E-state index contributed by atoms with van der Waals surface area (Å²) in [4.78, 5) is 27.2. The molecule has 0 saturated carbocycles. The predicted molar refractivity (Wildman–Crippen MR) is 91.0 cm³/mol. The second kappa shape index (κ2) is 5.98. The molecule has 0 radical (unpaired) electrons. The van der Waals surface area contributed by atoms with Crippen molar-refractivity contribution in [2.45, 2.75) is 18.6 Å². The summed E-state index contributed by atoms with van der Waals surface area (Å²) in [6.07, 6.45) is 0. The molecule has 3 atom stereocenters. The molecule has 2 heterocycles. The SMILES string of the molecule is CN1N[C@H](c2ccccc2O)[C@@H]2C(=O)N(Cc3ccccc3)C(=O)[C@@H]21. The Morgan fingerprint density at radius 1 is 1.00 bits per heavy atom. The van der Waals surface area contributed by atoms with Crippen molar-refractivity contribution < 1.29 is 14.7 Å². The molecule has 2 fully saturated rings. The Morgan fingerprint density at radius 3 is 2.40 bits per heavy atom. The zero-order valence-electron chi connectivity index (χ0n) is 13.8. The van der Waals surface area contributed by atoms with E-state index in [1.807, 2.05) is 36.4 Å². The number of nitrogens with one attached hydrogen (secondary N) is 1. The highest BCUT2D eigenvalue weighted by Gasteiger charge is 2.57. The average Bonchev–Trinajstić information content (AvgIpc) is 3.08. The van der Waals surface area contributed by atoms with Gasteiger partial charge in [0.1, 0.15) is 11.8 Å². The molecular formula is C19H19N3O3. The number of carbonyl (C=O) groups excluding carboxylic acids is 2. The summed E-state index contributed by atoms with van der Waals surface area (Å²) in [6, 6.07) is 15.4. The van der Waals surface area contributed by atoms with Crippen molar-refractivity contribution in [2.24, 2.45) is 5.92 Å². The van der Waals surface area contributed by atoms with Gasteiger partial charge in [0.25, 0.3) is 0 Å². The minimum Gasteiger partial charge on any atom is -0.508 e. The van der Waals surface area contributed by atoms with Crippen LogP contribution in [0.2, 0.25) is 0 Å². The third-order valence-electron chi connectivity index (χ3n) is 4.98. The van der Waals surface area contributed by atoms with Crippen molar-refractivity contribution in [3.05, 3.63) is 65.7 Å². The number of likely N-dealkylation sites (tertiary alicyclic amines) is 1. The topological polar surface area (TPSA) is 72.9 Å². The van der Waals surface area contributed by atoms with E-state index >= 15 is 0 Å². The molecule has 0 spiro atoms. The quantitative estimate of drug-likeness (QED) is 0.829. The lowest BCUT2D eigenvalue weighted by Crippen LogP contribution is -2.42. The first-order valence-corrected chi connectivity index (χ1v) is 8.24. The highest BCUT2D eigenvalue weighted by molar-refractivity contribution is 6.07. The van der Waals surface area contributed by atoms with E-state index in [2.05, 4.69) is 5.43 Å². The Hall–Kier alpha value is -2.70. The molecule has 2 aromatic rings. The van der Waals surface area contributed by atoms with Crippen LogP contribution < -0.4 is 5.43 Å². The Kier molecular flexibility index (Phi) is 3.78. The second-order valence-corrected chi connectivity index (χ2v) is 6.50. The molecule has 0 unspecified atom stereocenters. The van der Waals surface area contributed by atoms with Crippen molar-refractivity contribution >= 4 is 11.8 Å². The van der Waals surface area contributed by atoms with Gasteiger partial charge in [0, 0.05) is 12.6 Å². The van der Waals surface area contributed by atoms with Gasteiger partial charge in [-0.25, -0.2) is 10.4 Å². The Bertz CT molecular complexity index is 824. The van der Waals surface area contributed by atoms with Crippen LogP contribution in [0.5, 0.6) is 5.75 Å². The van der Waals surface area contributed by atoms with Gasteiger partial charge in [-0.05, 0) is 11.6 Å². The number of para-hydroxylation sites is 1. The number of amides is 2. The molecule has 0 aliphatic carbocycles. The number of phenols is 1. The number of fused-ring (bicyclic) bond motifs is 1. The van der Waals surface area contributed by atoms with E-state index in [1.165, 1.54) is 4.90 Å². The number of likely N-dealkylation sites (N-methyl/N-ethyl adjacent to an activating group) is 1. The van der Waals surface area contributed by atoms with Crippen molar-refractivity contribution in [3.63, 3.8) is 0 Å². The molecule has 0 bridgehead atoms. The summed E-state index contributed by atoms with van der Waals surface area (Å²) >= 11 is 0. The zero-order valence-corrected chi connectivity index (χ0v) is 13.8. The van der Waals surface area contributed by atoms with Gasteiger partial charge in [-0.1, -0.05) is 48.5 Å². The number of rotatable bonds is 3. The molecule has 6 heteroatoms. The summed E-state index contributed by atoms with van der Waals surface area (Å²) < 4.78 is 0. The van der Waals surface area contributed by atoms with Crippen LogP contribution in [-0.2, 0) is 16.1 Å². The number of nitrogens with zero attached hydrogens (tertiary/aromatic N) is 2. The molecule has 0 aromatic heterocycles. The number of hydrogen-bond donors (Lipinski definition) is 2. The number of benzene rings is 2. The van der Waals surface area contributed by atoms with Crippen molar-refractivity contribution in [1.82, 2.24) is 15.3 Å². The maximum absolute atomic E-state index is 13.0. The fourth-order valence-electron chi connectivity index (χ4n) is 3.78. The summed E-state index contributed by atoms with van der Waals surface area (Å²) in [7, 11) is 1.76. The van der Waals surface area contributed by atoms with Crippen LogP contribution >= 0.6 is 0 Å². The zero-order chi connectivity index (χ0) is 17.6. The number of hydrogen-bond acceptors (Lipinski definition) is 5. The molecular weight excluding hydrogens is 318 g/mol. The van der Waals surface area contributed by atoms with Gasteiger partial charge in [-0.15, -0.1) is 0 Å². The number of aromatic hydroxyl groups is 1. The van der Waals surface area contributed by atoms with Crippen LogP contribution in [0.15, 0.2) is 54.6 Å². The van der Waals surface area contributed by atoms with Crippen molar-refractivity contribution in [2.75, 3.05) is 7.05 Å². The van der Waals surface area contributed by atoms with Gasteiger partial charge in [-0.2, -0.15) is 0 Å². The van der Waals surface area contributed by atoms with Gasteiger partial charge < -0.3 is 5.11 Å². The molecule has 25 heavy (non-hydrogen) atoms. The summed E-state index contributed by atoms with van der Waals surface area (Å²) in [5.74, 6) is -0.832. The number of carbonyl (C=O) groups is 2. The maximum Gasteiger partial charge on any atom is 0.249 e. The number of hydrazine groups is 1. The van der Waals surface area contributed by atoms with Crippen molar-refractivity contribution in [1.29, 1.82) is 0 Å². The average molecular weight is 337 g/mol. The van der Waals surface area contributed by atoms with Crippen LogP contribution in [-0.4, -0.2) is 39.9 Å². The van der Waals surface area contributed by atoms with E-state index in [1.54, 1.807) is 30.3 Å². The molecule has 128 valence electrons. The second-order valence-electron chi connectivity index (χ2n) is 6.50. The highest BCUT2D eigenvalue weighted by atomic mass is 16.3. The highest BCUT2D eigenvalue weighted by Crippen LogP contribution is 2.42. The number of phenolic OH excluding ortho intramolecular Hbond substituents is 1. The smallest absolute Gasteiger partial charge is 0.249 e. The first-order valence-electron chi connectivity index (χ1n) is 8.24. The van der Waals surface area contributed by atoms with Gasteiger partial charge in [0.05, 0.1) is 18.5 Å². The van der Waals surface area contributed by atoms with Crippen LogP contribution in [0.1, 0.15) is 17.2 Å². The van der Waals surface area contributed by atoms with E-state index < -0.39 is 18.0 Å². The fourth-order valence-corrected chi connectivity index (χ4v) is 3.78. The van der Waals surface area contributed by atoms with E-state index in [4.69, 9.17) is 0 Å². The number of imide groups is 1. The summed E-state index contributed by atoms with van der Waals surface area (Å²) in [5.41, 5.74) is 4.71. The molecule has 6 nitrogen and oxygen atoms in total.